The quantitative estimate of drug-likeness (QED) is 0.316. The molecule has 0 aliphatic heterocycles. The number of carbonyl (C=O) groups excluding carboxylic acids is 2. The number of hydrogen-bond acceptors (Lipinski definition) is 7. The van der Waals surface area contributed by atoms with Gasteiger partial charge < -0.3 is 9.15 Å². The summed E-state index contributed by atoms with van der Waals surface area (Å²) in [5.41, 5.74) is 2.24. The highest BCUT2D eigenvalue weighted by Gasteiger charge is 2.44. The van der Waals surface area contributed by atoms with Crippen LogP contribution in [0.4, 0.5) is 0 Å². The van der Waals surface area contributed by atoms with Crippen molar-refractivity contribution in [2.45, 2.75) is 40.2 Å². The van der Waals surface area contributed by atoms with Gasteiger partial charge in [0.25, 0.3) is 0 Å². The Kier molecular flexibility index (Phi) is 5.81. The molecule has 3 rings (SSSR count). The number of nitrogens with zero attached hydrogens (tertiary/aromatic N) is 1. The third-order valence-corrected chi connectivity index (χ3v) is 5.84. The second-order valence-electron chi connectivity index (χ2n) is 7.77. The SMILES string of the molecule is Cc1ccc2c(COC(=O)C[C@H]3C(=O)C[C@@H](C)[C@H]3C[N+](=O)[O-])cc(=O)oc2c1C. The van der Waals surface area contributed by atoms with E-state index in [1.165, 1.54) is 6.07 Å². The van der Waals surface area contributed by atoms with Gasteiger partial charge in [0, 0.05) is 40.2 Å². The van der Waals surface area contributed by atoms with Gasteiger partial charge in [-0.15, -0.1) is 0 Å². The highest BCUT2D eigenvalue weighted by Crippen LogP contribution is 2.36. The number of carbonyl (C=O) groups is 2. The topological polar surface area (TPSA) is 117 Å². The van der Waals surface area contributed by atoms with E-state index in [1.54, 1.807) is 13.0 Å². The number of ketones is 1. The van der Waals surface area contributed by atoms with Crippen LogP contribution < -0.4 is 5.63 Å². The van der Waals surface area contributed by atoms with Crippen LogP contribution in [0, 0.1) is 41.7 Å². The van der Waals surface area contributed by atoms with E-state index in [2.05, 4.69) is 0 Å². The highest BCUT2D eigenvalue weighted by molar-refractivity contribution is 5.88. The van der Waals surface area contributed by atoms with Crippen molar-refractivity contribution in [3.8, 4) is 0 Å². The maximum Gasteiger partial charge on any atom is 0.336 e. The number of esters is 1. The minimum atomic E-state index is -0.703. The van der Waals surface area contributed by atoms with Crippen LogP contribution in [-0.4, -0.2) is 23.2 Å². The molecule has 0 bridgehead atoms. The van der Waals surface area contributed by atoms with Gasteiger partial charge in [0.05, 0.1) is 6.42 Å². The summed E-state index contributed by atoms with van der Waals surface area (Å²) in [5.74, 6) is -2.07. The van der Waals surface area contributed by atoms with Crippen LogP contribution in [0.2, 0.25) is 0 Å². The fourth-order valence-corrected chi connectivity index (χ4v) is 4.04. The average molecular weight is 401 g/mol. The fourth-order valence-electron chi connectivity index (χ4n) is 4.04. The molecule has 1 heterocycles. The summed E-state index contributed by atoms with van der Waals surface area (Å²) in [5, 5.41) is 11.6. The number of hydrogen-bond donors (Lipinski definition) is 0. The summed E-state index contributed by atoms with van der Waals surface area (Å²) in [6.07, 6.45) is 0.0403. The standard InChI is InChI=1S/C21H23NO7/c1-11-4-5-15-14(7-20(25)29-21(15)13(11)3)10-28-19(24)8-16-17(9-22(26)27)12(2)6-18(16)23/h4-5,7,12,16-17H,6,8-10H2,1-3H3/t12-,16-,17-/m1/s1. The lowest BCUT2D eigenvalue weighted by atomic mass is 9.88. The first-order chi connectivity index (χ1) is 13.7. The number of Topliss-reactive ketones (excluding diaryl/α,β-unsaturated/α-hetero) is 1. The molecule has 0 amide bonds. The van der Waals surface area contributed by atoms with E-state index in [-0.39, 0.29) is 37.7 Å². The van der Waals surface area contributed by atoms with Gasteiger partial charge in [-0.25, -0.2) is 4.79 Å². The van der Waals surface area contributed by atoms with Gasteiger partial charge in [-0.05, 0) is 30.9 Å². The number of rotatable bonds is 6. The molecular formula is C21H23NO7. The normalized spacial score (nSPS) is 21.5. The minimum Gasteiger partial charge on any atom is -0.461 e. The molecule has 2 aromatic rings. The average Bonchev–Trinajstić information content (AvgIpc) is 2.89. The number of nitro groups is 1. The van der Waals surface area contributed by atoms with Crippen molar-refractivity contribution in [2.24, 2.45) is 17.8 Å². The Labute approximate surface area is 167 Å². The molecule has 1 aliphatic rings. The molecule has 1 aromatic heterocycles. The van der Waals surface area contributed by atoms with Crippen molar-refractivity contribution in [3.63, 3.8) is 0 Å². The van der Waals surface area contributed by atoms with Gasteiger partial charge in [-0.3, -0.25) is 19.7 Å². The summed E-state index contributed by atoms with van der Waals surface area (Å²) >= 11 is 0. The van der Waals surface area contributed by atoms with Gasteiger partial charge in [0.2, 0.25) is 6.54 Å². The molecule has 8 nitrogen and oxygen atoms in total. The van der Waals surface area contributed by atoms with Crippen LogP contribution in [0.5, 0.6) is 0 Å². The highest BCUT2D eigenvalue weighted by atomic mass is 16.6. The molecule has 0 unspecified atom stereocenters. The molecule has 1 saturated carbocycles. The predicted molar refractivity (Wildman–Crippen MR) is 104 cm³/mol. The molecule has 0 N–H and O–H groups in total. The molecule has 0 saturated heterocycles. The van der Waals surface area contributed by atoms with E-state index in [0.717, 1.165) is 11.1 Å². The first-order valence-electron chi connectivity index (χ1n) is 9.50. The first-order valence-corrected chi connectivity index (χ1v) is 9.50. The second kappa shape index (κ2) is 8.14. The Hall–Kier alpha value is -3.03. The predicted octanol–water partition coefficient (Wildman–Crippen LogP) is 2.96. The third-order valence-electron chi connectivity index (χ3n) is 5.84. The van der Waals surface area contributed by atoms with Crippen LogP contribution in [0.3, 0.4) is 0 Å². The third kappa shape index (κ3) is 4.36. The lowest BCUT2D eigenvalue weighted by molar-refractivity contribution is -0.490. The Bertz CT molecular complexity index is 1040. The van der Waals surface area contributed by atoms with Crippen molar-refractivity contribution < 1.29 is 23.7 Å². The summed E-state index contributed by atoms with van der Waals surface area (Å²) in [7, 11) is 0. The zero-order valence-electron chi connectivity index (χ0n) is 16.6. The van der Waals surface area contributed by atoms with Gasteiger partial charge in [-0.2, -0.15) is 0 Å². The van der Waals surface area contributed by atoms with Crippen molar-refractivity contribution in [2.75, 3.05) is 6.54 Å². The van der Waals surface area contributed by atoms with Gasteiger partial charge in [0.15, 0.2) is 0 Å². The van der Waals surface area contributed by atoms with Crippen molar-refractivity contribution >= 4 is 22.7 Å². The molecule has 3 atom stereocenters. The molecule has 8 heteroatoms. The lowest BCUT2D eigenvalue weighted by Crippen LogP contribution is -2.27. The van der Waals surface area contributed by atoms with Gasteiger partial charge in [-0.1, -0.05) is 19.1 Å². The molecule has 1 fully saturated rings. The summed E-state index contributed by atoms with van der Waals surface area (Å²) in [6.45, 7) is 5.06. The summed E-state index contributed by atoms with van der Waals surface area (Å²) in [6, 6.07) is 4.98. The smallest absolute Gasteiger partial charge is 0.336 e. The Morgan fingerprint density at radius 3 is 2.72 bits per heavy atom. The first kappa shape index (κ1) is 20.7. The Balaban J connectivity index is 1.74. The zero-order chi connectivity index (χ0) is 21.3. The minimum absolute atomic E-state index is 0.139. The molecule has 0 radical (unpaired) electrons. The fraction of sp³-hybridized carbons (Fsp3) is 0.476. The van der Waals surface area contributed by atoms with E-state index in [1.807, 2.05) is 19.9 Å². The molecule has 29 heavy (non-hydrogen) atoms. The molecule has 1 aromatic carbocycles. The summed E-state index contributed by atoms with van der Waals surface area (Å²) < 4.78 is 10.6. The number of aryl methyl sites for hydroxylation is 2. The van der Waals surface area contributed by atoms with Crippen LogP contribution in [0.1, 0.15) is 36.5 Å². The number of fused-ring (bicyclic) bond motifs is 1. The monoisotopic (exact) mass is 401 g/mol. The van der Waals surface area contributed by atoms with Gasteiger partial charge in [0.1, 0.15) is 18.0 Å². The van der Waals surface area contributed by atoms with Crippen LogP contribution in [0.25, 0.3) is 11.0 Å². The van der Waals surface area contributed by atoms with Crippen molar-refractivity contribution in [1.29, 1.82) is 0 Å². The van der Waals surface area contributed by atoms with Gasteiger partial charge >= 0.3 is 11.6 Å². The van der Waals surface area contributed by atoms with Crippen molar-refractivity contribution in [3.05, 3.63) is 55.4 Å². The van der Waals surface area contributed by atoms with E-state index in [0.29, 0.717) is 16.5 Å². The van der Waals surface area contributed by atoms with Crippen LogP contribution in [0.15, 0.2) is 27.4 Å². The lowest BCUT2D eigenvalue weighted by Gasteiger charge is -2.17. The molecular weight excluding hydrogens is 378 g/mol. The maximum absolute atomic E-state index is 12.4. The zero-order valence-corrected chi connectivity index (χ0v) is 16.6. The molecule has 154 valence electrons. The van der Waals surface area contributed by atoms with E-state index in [9.17, 15) is 24.5 Å². The van der Waals surface area contributed by atoms with E-state index in [4.69, 9.17) is 9.15 Å². The Morgan fingerprint density at radius 1 is 1.31 bits per heavy atom. The molecule has 1 aliphatic carbocycles. The van der Waals surface area contributed by atoms with Crippen LogP contribution >= 0.6 is 0 Å². The number of ether oxygens (including phenoxy) is 1. The second-order valence-corrected chi connectivity index (χ2v) is 7.77. The van der Waals surface area contributed by atoms with E-state index >= 15 is 0 Å². The molecule has 0 spiro atoms. The number of benzene rings is 1. The maximum atomic E-state index is 12.4. The van der Waals surface area contributed by atoms with Crippen LogP contribution in [-0.2, 0) is 20.9 Å². The summed E-state index contributed by atoms with van der Waals surface area (Å²) in [4.78, 5) is 46.9. The largest absolute Gasteiger partial charge is 0.461 e. The Morgan fingerprint density at radius 2 is 2.03 bits per heavy atom. The van der Waals surface area contributed by atoms with E-state index < -0.39 is 28.4 Å². The van der Waals surface area contributed by atoms with Crippen molar-refractivity contribution in [1.82, 2.24) is 0 Å².